The second kappa shape index (κ2) is 6.01. The van der Waals surface area contributed by atoms with Gasteiger partial charge in [0.25, 0.3) is 0 Å². The molecule has 0 saturated heterocycles. The molecule has 0 saturated carbocycles. The van der Waals surface area contributed by atoms with Crippen LogP contribution in [0.1, 0.15) is 13.8 Å². The minimum absolute atomic E-state index is 0.00468. The normalized spacial score (nSPS) is 10.7. The average molecular weight is 296 g/mol. The van der Waals surface area contributed by atoms with E-state index < -0.39 is 5.82 Å². The Hall–Kier alpha value is -1.94. The molecular formula is C15H15ClFNO2. The van der Waals surface area contributed by atoms with E-state index in [1.165, 1.54) is 18.2 Å². The number of halogens is 2. The predicted octanol–water partition coefficient (Wildman–Crippen LogP) is 4.64. The molecule has 2 N–H and O–H groups in total. The van der Waals surface area contributed by atoms with Crippen LogP contribution >= 0.6 is 11.6 Å². The number of hydrogen-bond donors (Lipinski definition) is 1. The summed E-state index contributed by atoms with van der Waals surface area (Å²) in [4.78, 5) is 0. The van der Waals surface area contributed by atoms with Crippen molar-refractivity contribution in [3.8, 4) is 17.2 Å². The Kier molecular flexibility index (Phi) is 4.35. The fourth-order valence-corrected chi connectivity index (χ4v) is 1.84. The van der Waals surface area contributed by atoms with Gasteiger partial charge in [-0.25, -0.2) is 4.39 Å². The zero-order valence-corrected chi connectivity index (χ0v) is 11.9. The predicted molar refractivity (Wildman–Crippen MR) is 78.1 cm³/mol. The zero-order valence-electron chi connectivity index (χ0n) is 11.2. The Morgan fingerprint density at radius 1 is 1.05 bits per heavy atom. The monoisotopic (exact) mass is 295 g/mol. The molecule has 106 valence electrons. The first-order valence-electron chi connectivity index (χ1n) is 6.14. The van der Waals surface area contributed by atoms with Crippen LogP contribution in [0.4, 0.5) is 10.1 Å². The van der Waals surface area contributed by atoms with Gasteiger partial charge in [0.1, 0.15) is 23.1 Å². The second-order valence-corrected chi connectivity index (χ2v) is 4.99. The summed E-state index contributed by atoms with van der Waals surface area (Å²) in [5.74, 6) is 1.06. The van der Waals surface area contributed by atoms with Crippen molar-refractivity contribution >= 4 is 17.3 Å². The highest BCUT2D eigenvalue weighted by Crippen LogP contribution is 2.30. The first kappa shape index (κ1) is 14.5. The molecule has 20 heavy (non-hydrogen) atoms. The summed E-state index contributed by atoms with van der Waals surface area (Å²) in [5.41, 5.74) is 6.32. The van der Waals surface area contributed by atoms with Crippen LogP contribution in [-0.2, 0) is 0 Å². The minimum Gasteiger partial charge on any atom is -0.491 e. The molecule has 5 heteroatoms. The molecule has 0 unspecified atom stereocenters. The van der Waals surface area contributed by atoms with Gasteiger partial charge in [0.05, 0.1) is 11.1 Å². The molecule has 0 aliphatic carbocycles. The van der Waals surface area contributed by atoms with Crippen LogP contribution in [0, 0.1) is 5.82 Å². The van der Waals surface area contributed by atoms with E-state index in [1.54, 1.807) is 18.2 Å². The van der Waals surface area contributed by atoms with Crippen LogP contribution in [-0.4, -0.2) is 6.10 Å². The molecule has 0 radical (unpaired) electrons. The van der Waals surface area contributed by atoms with E-state index in [1.807, 2.05) is 13.8 Å². The third-order valence-electron chi connectivity index (χ3n) is 2.40. The largest absolute Gasteiger partial charge is 0.491 e. The second-order valence-electron chi connectivity index (χ2n) is 4.58. The minimum atomic E-state index is -0.490. The van der Waals surface area contributed by atoms with Crippen LogP contribution in [0.15, 0.2) is 36.4 Å². The van der Waals surface area contributed by atoms with Gasteiger partial charge in [-0.05, 0) is 26.0 Å². The molecule has 0 heterocycles. The molecule has 0 fully saturated rings. The van der Waals surface area contributed by atoms with E-state index in [9.17, 15) is 4.39 Å². The molecule has 0 aliphatic heterocycles. The maximum atomic E-state index is 13.1. The van der Waals surface area contributed by atoms with Crippen LogP contribution in [0.2, 0.25) is 5.02 Å². The molecule has 2 rings (SSSR count). The van der Waals surface area contributed by atoms with Crippen LogP contribution in [0.3, 0.4) is 0 Å². The van der Waals surface area contributed by atoms with Crippen LogP contribution < -0.4 is 15.2 Å². The van der Waals surface area contributed by atoms with Crippen molar-refractivity contribution in [2.45, 2.75) is 20.0 Å². The molecule has 0 aliphatic rings. The SMILES string of the molecule is CC(C)Oc1cc(N)cc(Oc2ccc(F)c(Cl)c2)c1. The number of hydrogen-bond acceptors (Lipinski definition) is 3. The van der Waals surface area contributed by atoms with Crippen molar-refractivity contribution in [3.05, 3.63) is 47.2 Å². The van der Waals surface area contributed by atoms with Crippen molar-refractivity contribution in [3.63, 3.8) is 0 Å². The standard InChI is InChI=1S/C15H15ClFNO2/c1-9(2)19-12-5-10(18)6-13(7-12)20-11-3-4-15(17)14(16)8-11/h3-9H,18H2,1-2H3. The molecule has 0 aromatic heterocycles. The number of rotatable bonds is 4. The summed E-state index contributed by atoms with van der Waals surface area (Å²) >= 11 is 5.71. The van der Waals surface area contributed by atoms with Crippen LogP contribution in [0.25, 0.3) is 0 Å². The number of anilines is 1. The number of ether oxygens (including phenoxy) is 2. The maximum Gasteiger partial charge on any atom is 0.142 e. The number of benzene rings is 2. The third-order valence-corrected chi connectivity index (χ3v) is 2.69. The van der Waals surface area contributed by atoms with Crippen molar-refractivity contribution in [1.29, 1.82) is 0 Å². The highest BCUT2D eigenvalue weighted by molar-refractivity contribution is 6.30. The molecule has 0 bridgehead atoms. The molecule has 3 nitrogen and oxygen atoms in total. The van der Waals surface area contributed by atoms with Gasteiger partial charge in [0.15, 0.2) is 0 Å². The van der Waals surface area contributed by atoms with Gasteiger partial charge in [-0.1, -0.05) is 11.6 Å². The summed E-state index contributed by atoms with van der Waals surface area (Å²) in [7, 11) is 0. The third kappa shape index (κ3) is 3.78. The van der Waals surface area contributed by atoms with Crippen molar-refractivity contribution in [2.75, 3.05) is 5.73 Å². The summed E-state index contributed by atoms with van der Waals surface area (Å²) in [6.07, 6.45) is 0.0323. The van der Waals surface area contributed by atoms with Gasteiger partial charge < -0.3 is 15.2 Å². The van der Waals surface area contributed by atoms with Crippen molar-refractivity contribution < 1.29 is 13.9 Å². The molecular weight excluding hydrogens is 281 g/mol. The van der Waals surface area contributed by atoms with E-state index in [-0.39, 0.29) is 11.1 Å². The number of nitrogen functional groups attached to an aromatic ring is 1. The lowest BCUT2D eigenvalue weighted by atomic mass is 10.2. The topological polar surface area (TPSA) is 44.5 Å². The van der Waals surface area contributed by atoms with E-state index in [2.05, 4.69) is 0 Å². The molecule has 0 amide bonds. The Labute approximate surface area is 122 Å². The van der Waals surface area contributed by atoms with E-state index >= 15 is 0 Å². The van der Waals surface area contributed by atoms with E-state index in [4.69, 9.17) is 26.8 Å². The average Bonchev–Trinajstić information content (AvgIpc) is 2.32. The van der Waals surface area contributed by atoms with Crippen molar-refractivity contribution in [1.82, 2.24) is 0 Å². The molecule has 0 atom stereocenters. The highest BCUT2D eigenvalue weighted by Gasteiger charge is 2.06. The lowest BCUT2D eigenvalue weighted by Crippen LogP contribution is -2.05. The number of nitrogens with two attached hydrogens (primary N) is 1. The van der Waals surface area contributed by atoms with Gasteiger partial charge in [0.2, 0.25) is 0 Å². The van der Waals surface area contributed by atoms with Gasteiger partial charge >= 0.3 is 0 Å². The van der Waals surface area contributed by atoms with Crippen LogP contribution in [0.5, 0.6) is 17.2 Å². The lowest BCUT2D eigenvalue weighted by molar-refractivity contribution is 0.242. The fourth-order valence-electron chi connectivity index (χ4n) is 1.67. The van der Waals surface area contributed by atoms with Gasteiger partial charge in [-0.3, -0.25) is 0 Å². The van der Waals surface area contributed by atoms with E-state index in [0.717, 1.165) is 0 Å². The Morgan fingerprint density at radius 3 is 2.40 bits per heavy atom. The highest BCUT2D eigenvalue weighted by atomic mass is 35.5. The maximum absolute atomic E-state index is 13.1. The van der Waals surface area contributed by atoms with Gasteiger partial charge in [-0.2, -0.15) is 0 Å². The van der Waals surface area contributed by atoms with Gasteiger partial charge in [-0.15, -0.1) is 0 Å². The summed E-state index contributed by atoms with van der Waals surface area (Å²) in [5, 5.41) is 0.00468. The van der Waals surface area contributed by atoms with E-state index in [0.29, 0.717) is 22.9 Å². The fraction of sp³-hybridized carbons (Fsp3) is 0.200. The Balaban J connectivity index is 2.24. The van der Waals surface area contributed by atoms with Gasteiger partial charge in [0, 0.05) is 30.0 Å². The Bertz CT molecular complexity index is 617. The summed E-state index contributed by atoms with van der Waals surface area (Å²) in [6.45, 7) is 3.84. The quantitative estimate of drug-likeness (QED) is 0.836. The lowest BCUT2D eigenvalue weighted by Gasteiger charge is -2.13. The molecule has 0 spiro atoms. The molecule has 2 aromatic carbocycles. The first-order valence-corrected chi connectivity index (χ1v) is 6.52. The summed E-state index contributed by atoms with van der Waals surface area (Å²) < 4.78 is 24.3. The zero-order chi connectivity index (χ0) is 14.7. The Morgan fingerprint density at radius 2 is 1.75 bits per heavy atom. The first-order chi connectivity index (χ1) is 9.44. The smallest absolute Gasteiger partial charge is 0.142 e. The summed E-state index contributed by atoms with van der Waals surface area (Å²) in [6, 6.07) is 9.23. The van der Waals surface area contributed by atoms with Crippen molar-refractivity contribution in [2.24, 2.45) is 0 Å². The molecule has 2 aromatic rings.